The summed E-state index contributed by atoms with van der Waals surface area (Å²) in [5, 5.41) is 2.32. The second-order valence-electron chi connectivity index (χ2n) is 10.7. The van der Waals surface area contributed by atoms with Gasteiger partial charge in [-0.05, 0) is 23.8 Å². The molecule has 1 amide bonds. The maximum absolute atomic E-state index is 13.8. The molecule has 2 N–H and O–H groups in total. The molecule has 4 rings (SSSR count). The Labute approximate surface area is 240 Å². The van der Waals surface area contributed by atoms with E-state index in [0.29, 0.717) is 11.6 Å². The number of oxazole rings is 1. The summed E-state index contributed by atoms with van der Waals surface area (Å²) >= 11 is 0. The highest BCUT2D eigenvalue weighted by atomic mass is 32.2. The van der Waals surface area contributed by atoms with E-state index < -0.39 is 15.9 Å². The highest BCUT2D eigenvalue weighted by Gasteiger charge is 2.29. The van der Waals surface area contributed by atoms with Gasteiger partial charge in [-0.3, -0.25) is 9.52 Å². The van der Waals surface area contributed by atoms with Crippen molar-refractivity contribution in [2.45, 2.75) is 10.0 Å². The lowest BCUT2D eigenvalue weighted by atomic mass is 9.38. The van der Waals surface area contributed by atoms with Gasteiger partial charge in [0.05, 0.1) is 42.5 Å². The number of anilines is 2. The molecule has 4 aromatic rings. The van der Waals surface area contributed by atoms with Gasteiger partial charge in [-0.15, -0.1) is 5.46 Å². The van der Waals surface area contributed by atoms with Crippen LogP contribution in [0.25, 0.3) is 11.5 Å². The molecule has 0 saturated heterocycles. The highest BCUT2D eigenvalue weighted by molar-refractivity contribution is 7.92. The summed E-state index contributed by atoms with van der Waals surface area (Å²) < 4.78 is 41.2. The molecule has 2 aromatic carbocycles. The second kappa shape index (κ2) is 11.0. The maximum atomic E-state index is 13.8. The lowest BCUT2D eigenvalue weighted by molar-refractivity contribution is 0.102. The fourth-order valence-electron chi connectivity index (χ4n) is 4.70. The third-order valence-corrected chi connectivity index (χ3v) is 8.33. The summed E-state index contributed by atoms with van der Waals surface area (Å²) in [7, 11) is 11.2. The van der Waals surface area contributed by atoms with E-state index in [4.69, 9.17) is 9.15 Å². The molecule has 9 nitrogen and oxygen atoms in total. The van der Waals surface area contributed by atoms with Gasteiger partial charge in [-0.1, -0.05) is 39.7 Å². The van der Waals surface area contributed by atoms with E-state index in [0.717, 1.165) is 33.0 Å². The lowest BCUT2D eigenvalue weighted by Crippen LogP contribution is -2.53. The summed E-state index contributed by atoms with van der Waals surface area (Å²) in [6.07, 6.45) is 2.56. The number of carbonyl (C=O) groups is 1. The monoisotopic (exact) mass is 548 g/mol. The van der Waals surface area contributed by atoms with Crippen molar-refractivity contribution in [3.8, 4) is 17.3 Å². The van der Waals surface area contributed by atoms with Crippen LogP contribution in [0.2, 0.25) is 0 Å². The third kappa shape index (κ3) is 5.74. The van der Waals surface area contributed by atoms with E-state index in [1.165, 1.54) is 25.6 Å². The number of aromatic nitrogens is 2. The topological polar surface area (TPSA) is 123 Å². The number of pyridine rings is 1. The minimum absolute atomic E-state index is 0.0354. The van der Waals surface area contributed by atoms with Gasteiger partial charge < -0.3 is 14.5 Å². The van der Waals surface area contributed by atoms with Crippen LogP contribution in [-0.2, 0) is 15.1 Å². The first kappa shape index (κ1) is 29.3. The molecular formula is C23H27B7N4O5S. The smallest absolute Gasteiger partial charge is 0.277 e. The number of benzene rings is 2. The predicted molar refractivity (Wildman–Crippen MR) is 178 cm³/mol. The van der Waals surface area contributed by atoms with Gasteiger partial charge in [-0.2, -0.15) is 0 Å². The van der Waals surface area contributed by atoms with Crippen LogP contribution in [0.1, 0.15) is 16.1 Å². The number of amides is 1. The molecule has 0 atom stereocenters. The first-order valence-corrected chi connectivity index (χ1v) is 14.2. The van der Waals surface area contributed by atoms with Crippen molar-refractivity contribution in [1.82, 2.24) is 9.97 Å². The van der Waals surface area contributed by atoms with Crippen molar-refractivity contribution >= 4 is 104 Å². The van der Waals surface area contributed by atoms with Crippen LogP contribution in [0, 0.1) is 0 Å². The van der Waals surface area contributed by atoms with Crippen LogP contribution in [0.4, 0.5) is 11.4 Å². The Morgan fingerprint density at radius 1 is 1.00 bits per heavy atom. The van der Waals surface area contributed by atoms with Crippen LogP contribution < -0.4 is 36.6 Å². The van der Waals surface area contributed by atoms with Crippen LogP contribution in [-0.4, -0.2) is 86.3 Å². The minimum Gasteiger partial charge on any atom is -0.480 e. The summed E-state index contributed by atoms with van der Waals surface area (Å²) in [5.41, 5.74) is 6.35. The van der Waals surface area contributed by atoms with E-state index in [1.807, 2.05) is 85.3 Å². The molecule has 0 saturated carbocycles. The van der Waals surface area contributed by atoms with E-state index in [2.05, 4.69) is 20.0 Å². The molecule has 0 spiro atoms. The normalized spacial score (nSPS) is 11.6. The number of carbonyl (C=O) groups excluding carboxylic acids is 1. The Balaban J connectivity index is 1.69. The van der Waals surface area contributed by atoms with Crippen molar-refractivity contribution in [1.29, 1.82) is 0 Å². The Morgan fingerprint density at radius 2 is 1.65 bits per heavy atom. The number of nitrogens with zero attached hydrogens (tertiary/aromatic N) is 2. The summed E-state index contributed by atoms with van der Waals surface area (Å²) in [6.45, 7) is 0. The van der Waals surface area contributed by atoms with Crippen molar-refractivity contribution in [3.63, 3.8) is 0 Å². The molecule has 2 aromatic heterocycles. The van der Waals surface area contributed by atoms with E-state index in [-0.39, 0.29) is 27.3 Å². The largest absolute Gasteiger partial charge is 0.480 e. The molecular weight excluding hydrogens is 520 g/mol. The molecule has 40 heavy (non-hydrogen) atoms. The Morgan fingerprint density at radius 3 is 2.27 bits per heavy atom. The zero-order valence-corrected chi connectivity index (χ0v) is 24.8. The number of nitrogens with one attached hydrogen (secondary N) is 2. The molecule has 0 bridgehead atoms. The number of methoxy groups -OCH3 is 1. The molecule has 0 radical (unpaired) electrons. The fraction of sp³-hybridized carbons (Fsp3) is 0.0870. The lowest BCUT2D eigenvalue weighted by Gasteiger charge is -2.31. The molecule has 2 heterocycles. The second-order valence-corrected chi connectivity index (χ2v) is 12.3. The standard InChI is InChI=1S/C23H27B7N4O5S/c1-38-22-13(40(36,37)34-19-14(23(28,29)30)15(24)16(25)17(26)18(19)27)7-11(8-31-22)32-20(35)12-9-39-21(33-12)10-5-3-2-4-6-10/h2-9,34H,24-30H2,1H3,(H,32,35). The average molecular weight is 547 g/mol. The molecule has 0 unspecified atom stereocenters. The fourth-order valence-corrected chi connectivity index (χ4v) is 5.98. The Bertz CT molecular complexity index is 1710. The van der Waals surface area contributed by atoms with E-state index in [1.54, 1.807) is 0 Å². The number of ether oxygens (including phenoxy) is 1. The summed E-state index contributed by atoms with van der Waals surface area (Å²) in [6, 6.07) is 10.5. The van der Waals surface area contributed by atoms with Crippen molar-refractivity contribution in [3.05, 3.63) is 60.1 Å². The van der Waals surface area contributed by atoms with Crippen molar-refractivity contribution < 1.29 is 22.4 Å². The van der Waals surface area contributed by atoms with E-state index >= 15 is 0 Å². The van der Waals surface area contributed by atoms with Gasteiger partial charge in [0, 0.05) is 11.3 Å². The van der Waals surface area contributed by atoms with Gasteiger partial charge in [0.15, 0.2) is 10.6 Å². The number of hydrogen-bond donors (Lipinski definition) is 2. The first-order valence-electron chi connectivity index (χ1n) is 12.7. The van der Waals surface area contributed by atoms with Crippen molar-refractivity contribution in [2.75, 3.05) is 17.1 Å². The quantitative estimate of drug-likeness (QED) is 0.211. The Kier molecular flexibility index (Phi) is 8.07. The Hall–Kier alpha value is -3.73. The zero-order valence-electron chi connectivity index (χ0n) is 24.0. The zero-order chi connectivity index (χ0) is 29.4. The maximum Gasteiger partial charge on any atom is 0.277 e. The van der Waals surface area contributed by atoms with Crippen LogP contribution in [0.3, 0.4) is 0 Å². The van der Waals surface area contributed by atoms with Gasteiger partial charge in [0.25, 0.3) is 15.9 Å². The number of hydrogen-bond acceptors (Lipinski definition) is 7. The minimum atomic E-state index is -4.19. The van der Waals surface area contributed by atoms with Gasteiger partial charge in [0.2, 0.25) is 11.8 Å². The molecule has 0 aliphatic heterocycles. The number of rotatable bonds is 8. The van der Waals surface area contributed by atoms with Crippen molar-refractivity contribution in [2.24, 2.45) is 0 Å². The summed E-state index contributed by atoms with van der Waals surface area (Å²) in [5.74, 6) is -0.390. The molecule has 196 valence electrons. The van der Waals surface area contributed by atoms with Gasteiger partial charge in [-0.25, -0.2) is 18.4 Å². The first-order chi connectivity index (χ1) is 18.7. The molecule has 0 fully saturated rings. The van der Waals surface area contributed by atoms with E-state index in [9.17, 15) is 13.2 Å². The molecule has 17 heteroatoms. The van der Waals surface area contributed by atoms with Crippen LogP contribution >= 0.6 is 0 Å². The van der Waals surface area contributed by atoms with Crippen LogP contribution in [0.5, 0.6) is 5.88 Å². The number of sulfonamides is 1. The average Bonchev–Trinajstić information content (AvgIpc) is 3.41. The van der Waals surface area contributed by atoms with Gasteiger partial charge >= 0.3 is 0 Å². The van der Waals surface area contributed by atoms with Crippen LogP contribution in [0.15, 0.2) is 58.2 Å². The highest BCUT2D eigenvalue weighted by Crippen LogP contribution is 2.28. The molecule has 0 aliphatic rings. The molecule has 0 aliphatic carbocycles. The summed E-state index contributed by atoms with van der Waals surface area (Å²) in [4.78, 5) is 21.1. The van der Waals surface area contributed by atoms with Gasteiger partial charge in [0.1, 0.15) is 37.6 Å². The SMILES string of the molecule is Bc1c(B)c(B)c(C(B)(B)B)c(NS(=O)(=O)c2cc(NC(=O)c3coc(-c4ccccc4)n3)cnc2OC)c1B. The predicted octanol–water partition coefficient (Wildman–Crippen LogP) is -6.16. The third-order valence-electron chi connectivity index (χ3n) is 6.99.